The third-order valence-electron chi connectivity index (χ3n) is 1.66. The molecule has 1 aromatic carbocycles. The van der Waals surface area contributed by atoms with E-state index in [0.29, 0.717) is 11.4 Å². The largest absolute Gasteiger partial charge is 0.381 e. The summed E-state index contributed by atoms with van der Waals surface area (Å²) in [6, 6.07) is 9.63. The van der Waals surface area contributed by atoms with E-state index in [0.717, 1.165) is 5.69 Å². The van der Waals surface area contributed by atoms with E-state index < -0.39 is 0 Å². The molecule has 1 unspecified atom stereocenters. The third kappa shape index (κ3) is 2.96. The number of nitrogens with one attached hydrogen (secondary N) is 1. The van der Waals surface area contributed by atoms with E-state index >= 15 is 0 Å². The van der Waals surface area contributed by atoms with Crippen LogP contribution in [-0.2, 0) is 0 Å². The quantitative estimate of drug-likeness (QED) is 0.751. The Morgan fingerprint density at radius 1 is 1.46 bits per heavy atom. The van der Waals surface area contributed by atoms with Crippen molar-refractivity contribution in [1.29, 1.82) is 5.26 Å². The first-order valence-electron chi connectivity index (χ1n) is 4.09. The van der Waals surface area contributed by atoms with E-state index in [2.05, 4.69) is 11.4 Å². The van der Waals surface area contributed by atoms with E-state index in [1.165, 1.54) is 0 Å². The molecular weight excluding hydrogens is 184 g/mol. The molecule has 0 amide bonds. The second-order valence-electron chi connectivity index (χ2n) is 2.89. The zero-order chi connectivity index (χ0) is 9.68. The number of halogens is 1. The van der Waals surface area contributed by atoms with Crippen molar-refractivity contribution in [3.63, 3.8) is 0 Å². The van der Waals surface area contributed by atoms with Crippen molar-refractivity contribution >= 4 is 17.3 Å². The van der Waals surface area contributed by atoms with Crippen molar-refractivity contribution in [1.82, 2.24) is 0 Å². The normalized spacial score (nSPS) is 11.8. The number of nitriles is 1. The summed E-state index contributed by atoms with van der Waals surface area (Å²) in [5.74, 6) is 0.569. The van der Waals surface area contributed by atoms with Gasteiger partial charge in [-0.15, -0.1) is 11.6 Å². The second-order valence-corrected chi connectivity index (χ2v) is 3.20. The Hall–Kier alpha value is -1.20. The molecule has 68 valence electrons. The molecule has 0 aliphatic rings. The Balaban J connectivity index is 2.65. The van der Waals surface area contributed by atoms with Crippen LogP contribution in [0.5, 0.6) is 0 Å². The summed E-state index contributed by atoms with van der Waals surface area (Å²) in [6.45, 7) is 2.01. The van der Waals surface area contributed by atoms with Crippen LogP contribution >= 0.6 is 11.6 Å². The molecule has 1 aromatic rings. The molecule has 1 N–H and O–H groups in total. The van der Waals surface area contributed by atoms with Crippen molar-refractivity contribution in [2.24, 2.45) is 0 Å². The van der Waals surface area contributed by atoms with Crippen LogP contribution in [0.15, 0.2) is 24.3 Å². The molecule has 13 heavy (non-hydrogen) atoms. The van der Waals surface area contributed by atoms with Crippen LogP contribution in [0, 0.1) is 11.3 Å². The SMILES string of the molecule is CC(CCl)Nc1ccc(C#N)cc1. The summed E-state index contributed by atoms with van der Waals surface area (Å²) in [7, 11) is 0. The highest BCUT2D eigenvalue weighted by Crippen LogP contribution is 2.10. The number of benzene rings is 1. The van der Waals surface area contributed by atoms with Crippen molar-refractivity contribution in [3.05, 3.63) is 29.8 Å². The fraction of sp³-hybridized carbons (Fsp3) is 0.300. The van der Waals surface area contributed by atoms with Crippen LogP contribution in [-0.4, -0.2) is 11.9 Å². The average molecular weight is 195 g/mol. The summed E-state index contributed by atoms with van der Waals surface area (Å²) >= 11 is 5.65. The minimum atomic E-state index is 0.245. The highest BCUT2D eigenvalue weighted by atomic mass is 35.5. The Labute approximate surface area is 83.1 Å². The molecular formula is C10H11ClN2. The summed E-state index contributed by atoms with van der Waals surface area (Å²) in [4.78, 5) is 0. The van der Waals surface area contributed by atoms with Crippen LogP contribution < -0.4 is 5.32 Å². The minimum Gasteiger partial charge on any atom is -0.381 e. The van der Waals surface area contributed by atoms with Gasteiger partial charge < -0.3 is 5.32 Å². The first kappa shape index (κ1) is 9.88. The third-order valence-corrected chi connectivity index (χ3v) is 2.12. The predicted molar refractivity (Wildman–Crippen MR) is 55.0 cm³/mol. The summed E-state index contributed by atoms with van der Waals surface area (Å²) in [5.41, 5.74) is 1.66. The zero-order valence-electron chi connectivity index (χ0n) is 7.42. The average Bonchev–Trinajstić information content (AvgIpc) is 2.19. The van der Waals surface area contributed by atoms with Gasteiger partial charge in [0, 0.05) is 17.6 Å². The highest BCUT2D eigenvalue weighted by Gasteiger charge is 1.98. The van der Waals surface area contributed by atoms with E-state index in [1.54, 1.807) is 12.1 Å². The molecule has 1 rings (SSSR count). The van der Waals surface area contributed by atoms with Gasteiger partial charge in [-0.3, -0.25) is 0 Å². The van der Waals surface area contributed by atoms with Gasteiger partial charge in [0.05, 0.1) is 11.6 Å². The minimum absolute atomic E-state index is 0.245. The maximum atomic E-state index is 8.57. The van der Waals surface area contributed by atoms with Crippen LogP contribution in [0.4, 0.5) is 5.69 Å². The summed E-state index contributed by atoms with van der Waals surface area (Å²) < 4.78 is 0. The fourth-order valence-electron chi connectivity index (χ4n) is 0.964. The smallest absolute Gasteiger partial charge is 0.0991 e. The Bertz CT molecular complexity index is 300. The molecule has 0 saturated carbocycles. The van der Waals surface area contributed by atoms with Crippen molar-refractivity contribution in [2.45, 2.75) is 13.0 Å². The van der Waals surface area contributed by atoms with Gasteiger partial charge in [0.25, 0.3) is 0 Å². The van der Waals surface area contributed by atoms with Crippen LogP contribution in [0.3, 0.4) is 0 Å². The van der Waals surface area contributed by atoms with Crippen LogP contribution in [0.1, 0.15) is 12.5 Å². The Morgan fingerprint density at radius 3 is 2.54 bits per heavy atom. The number of hydrogen-bond acceptors (Lipinski definition) is 2. The van der Waals surface area contributed by atoms with Gasteiger partial charge in [-0.2, -0.15) is 5.26 Å². The highest BCUT2D eigenvalue weighted by molar-refractivity contribution is 6.18. The number of rotatable bonds is 3. The lowest BCUT2D eigenvalue weighted by Crippen LogP contribution is -2.16. The van der Waals surface area contributed by atoms with Crippen LogP contribution in [0.2, 0.25) is 0 Å². The molecule has 0 bridgehead atoms. The zero-order valence-corrected chi connectivity index (χ0v) is 8.17. The lowest BCUT2D eigenvalue weighted by molar-refractivity contribution is 0.908. The Kier molecular flexibility index (Phi) is 3.60. The standard InChI is InChI=1S/C10H11ClN2/c1-8(6-11)13-10-4-2-9(7-12)3-5-10/h2-5,8,13H,6H2,1H3. The van der Waals surface area contributed by atoms with Gasteiger partial charge in [-0.25, -0.2) is 0 Å². The van der Waals surface area contributed by atoms with Gasteiger partial charge in [-0.05, 0) is 31.2 Å². The fourth-order valence-corrected chi connectivity index (χ4v) is 1.04. The molecule has 0 heterocycles. The van der Waals surface area contributed by atoms with Gasteiger partial charge >= 0.3 is 0 Å². The van der Waals surface area contributed by atoms with Gasteiger partial charge in [0.1, 0.15) is 0 Å². The lowest BCUT2D eigenvalue weighted by atomic mass is 10.2. The molecule has 1 atom stereocenters. The maximum absolute atomic E-state index is 8.57. The van der Waals surface area contributed by atoms with E-state index in [4.69, 9.17) is 16.9 Å². The predicted octanol–water partition coefficient (Wildman–Crippen LogP) is 2.60. The van der Waals surface area contributed by atoms with Gasteiger partial charge in [0.15, 0.2) is 0 Å². The molecule has 0 radical (unpaired) electrons. The number of hydrogen-bond donors (Lipinski definition) is 1. The Morgan fingerprint density at radius 2 is 2.08 bits per heavy atom. The second kappa shape index (κ2) is 4.74. The molecule has 0 saturated heterocycles. The van der Waals surface area contributed by atoms with Crippen molar-refractivity contribution in [3.8, 4) is 6.07 Å². The van der Waals surface area contributed by atoms with Crippen molar-refractivity contribution in [2.75, 3.05) is 11.2 Å². The van der Waals surface area contributed by atoms with Gasteiger partial charge in [-0.1, -0.05) is 0 Å². The molecule has 0 fully saturated rings. The van der Waals surface area contributed by atoms with E-state index in [9.17, 15) is 0 Å². The van der Waals surface area contributed by atoms with Crippen molar-refractivity contribution < 1.29 is 0 Å². The van der Waals surface area contributed by atoms with E-state index in [1.807, 2.05) is 19.1 Å². The first-order chi connectivity index (χ1) is 6.26. The molecule has 0 aromatic heterocycles. The summed E-state index contributed by atoms with van der Waals surface area (Å²) in [5, 5.41) is 11.8. The number of alkyl halides is 1. The topological polar surface area (TPSA) is 35.8 Å². The number of anilines is 1. The van der Waals surface area contributed by atoms with Crippen LogP contribution in [0.25, 0.3) is 0 Å². The molecule has 0 spiro atoms. The molecule has 0 aliphatic carbocycles. The maximum Gasteiger partial charge on any atom is 0.0991 e. The molecule has 2 nitrogen and oxygen atoms in total. The van der Waals surface area contributed by atoms with Gasteiger partial charge in [0.2, 0.25) is 0 Å². The molecule has 3 heteroatoms. The monoisotopic (exact) mass is 194 g/mol. The molecule has 0 aliphatic heterocycles. The summed E-state index contributed by atoms with van der Waals surface area (Å²) in [6.07, 6.45) is 0. The van der Waals surface area contributed by atoms with E-state index in [-0.39, 0.29) is 6.04 Å². The first-order valence-corrected chi connectivity index (χ1v) is 4.62. The number of nitrogens with zero attached hydrogens (tertiary/aromatic N) is 1. The lowest BCUT2D eigenvalue weighted by Gasteiger charge is -2.11.